The van der Waals surface area contributed by atoms with Crippen molar-refractivity contribution in [3.05, 3.63) is 94.6 Å². The summed E-state index contributed by atoms with van der Waals surface area (Å²) in [7, 11) is 0. The second kappa shape index (κ2) is 10.4. The topological polar surface area (TPSA) is 23.8 Å². The van der Waals surface area contributed by atoms with Crippen molar-refractivity contribution >= 4 is 0 Å². The standard InChI is InChI=1S/C27H23F2N/c1-2-3-4-5-6-20-7-12-22(13-8-20)23-14-9-21(10-15-23)11-16-24-17-27(29)25(19-30)18-26(24)28/h7-10,12-15,17-18H,2-6H2,1H3. The molecule has 0 heterocycles. The van der Waals surface area contributed by atoms with E-state index in [4.69, 9.17) is 5.26 Å². The summed E-state index contributed by atoms with van der Waals surface area (Å²) in [5.74, 6) is 4.02. The van der Waals surface area contributed by atoms with Gasteiger partial charge in [0.05, 0.1) is 11.1 Å². The normalized spacial score (nSPS) is 10.2. The highest BCUT2D eigenvalue weighted by molar-refractivity contribution is 5.64. The molecule has 0 aliphatic carbocycles. The minimum absolute atomic E-state index is 0.0647. The van der Waals surface area contributed by atoms with Crippen LogP contribution in [0, 0.1) is 34.8 Å². The van der Waals surface area contributed by atoms with Crippen LogP contribution in [0.1, 0.15) is 54.9 Å². The van der Waals surface area contributed by atoms with Gasteiger partial charge in [0.1, 0.15) is 17.7 Å². The van der Waals surface area contributed by atoms with Crippen molar-refractivity contribution < 1.29 is 8.78 Å². The molecule has 3 aromatic carbocycles. The molecule has 150 valence electrons. The van der Waals surface area contributed by atoms with E-state index in [1.807, 2.05) is 24.3 Å². The summed E-state index contributed by atoms with van der Waals surface area (Å²) in [6.07, 6.45) is 6.16. The lowest BCUT2D eigenvalue weighted by atomic mass is 10.0. The molecule has 3 aromatic rings. The first-order valence-corrected chi connectivity index (χ1v) is 10.2. The van der Waals surface area contributed by atoms with Crippen molar-refractivity contribution in [2.45, 2.75) is 39.0 Å². The van der Waals surface area contributed by atoms with Crippen molar-refractivity contribution in [3.63, 3.8) is 0 Å². The Morgan fingerprint density at radius 2 is 1.33 bits per heavy atom. The highest BCUT2D eigenvalue weighted by Crippen LogP contribution is 2.21. The van der Waals surface area contributed by atoms with Crippen LogP contribution in [-0.2, 0) is 6.42 Å². The van der Waals surface area contributed by atoms with Gasteiger partial charge < -0.3 is 0 Å². The summed E-state index contributed by atoms with van der Waals surface area (Å²) >= 11 is 0. The molecule has 0 aliphatic rings. The SMILES string of the molecule is CCCCCCc1ccc(-c2ccc(C#Cc3cc(F)c(C#N)cc3F)cc2)cc1. The molecule has 0 fully saturated rings. The number of benzene rings is 3. The third-order valence-electron chi connectivity index (χ3n) is 5.01. The van der Waals surface area contributed by atoms with Crippen LogP contribution in [0.4, 0.5) is 8.78 Å². The van der Waals surface area contributed by atoms with Gasteiger partial charge in [-0.2, -0.15) is 5.26 Å². The van der Waals surface area contributed by atoms with Crippen LogP contribution in [0.3, 0.4) is 0 Å². The van der Waals surface area contributed by atoms with Crippen LogP contribution in [0.5, 0.6) is 0 Å². The van der Waals surface area contributed by atoms with Gasteiger partial charge in [-0.05, 0) is 53.8 Å². The molecular weight excluding hydrogens is 376 g/mol. The number of hydrogen-bond acceptors (Lipinski definition) is 1. The Morgan fingerprint density at radius 1 is 0.733 bits per heavy atom. The molecule has 0 spiro atoms. The second-order valence-corrected chi connectivity index (χ2v) is 7.26. The minimum atomic E-state index is -0.771. The molecule has 0 aliphatic heterocycles. The summed E-state index contributed by atoms with van der Waals surface area (Å²) in [4.78, 5) is 0. The zero-order chi connectivity index (χ0) is 21.3. The average molecular weight is 399 g/mol. The summed E-state index contributed by atoms with van der Waals surface area (Å²) < 4.78 is 27.6. The molecule has 30 heavy (non-hydrogen) atoms. The number of hydrogen-bond donors (Lipinski definition) is 0. The third-order valence-corrected chi connectivity index (χ3v) is 5.01. The third kappa shape index (κ3) is 5.56. The molecule has 3 heteroatoms. The number of halogens is 2. The van der Waals surface area contributed by atoms with E-state index < -0.39 is 11.6 Å². The van der Waals surface area contributed by atoms with E-state index in [0.29, 0.717) is 5.56 Å². The van der Waals surface area contributed by atoms with E-state index >= 15 is 0 Å². The van der Waals surface area contributed by atoms with Crippen molar-refractivity contribution in [2.24, 2.45) is 0 Å². The average Bonchev–Trinajstić information content (AvgIpc) is 2.78. The van der Waals surface area contributed by atoms with E-state index in [0.717, 1.165) is 29.7 Å². The van der Waals surface area contributed by atoms with Gasteiger partial charge in [0.25, 0.3) is 0 Å². The number of nitriles is 1. The van der Waals surface area contributed by atoms with Gasteiger partial charge in [-0.25, -0.2) is 8.78 Å². The Hall–Kier alpha value is -3.43. The number of nitrogens with zero attached hydrogens (tertiary/aromatic N) is 1. The Labute approximate surface area is 177 Å². The fourth-order valence-electron chi connectivity index (χ4n) is 3.23. The van der Waals surface area contributed by atoms with Crippen LogP contribution in [0.2, 0.25) is 0 Å². The molecule has 1 nitrogen and oxygen atoms in total. The molecule has 0 aromatic heterocycles. The largest absolute Gasteiger partial charge is 0.206 e. The predicted molar refractivity (Wildman–Crippen MR) is 117 cm³/mol. The molecule has 0 unspecified atom stereocenters. The smallest absolute Gasteiger partial charge is 0.142 e. The van der Waals surface area contributed by atoms with E-state index in [1.54, 1.807) is 6.07 Å². The number of rotatable bonds is 6. The maximum absolute atomic E-state index is 13.9. The molecule has 0 bridgehead atoms. The second-order valence-electron chi connectivity index (χ2n) is 7.26. The zero-order valence-electron chi connectivity index (χ0n) is 17.0. The fraction of sp³-hybridized carbons (Fsp3) is 0.222. The van der Waals surface area contributed by atoms with Gasteiger partial charge in [0.2, 0.25) is 0 Å². The maximum atomic E-state index is 13.9. The lowest BCUT2D eigenvalue weighted by Crippen LogP contribution is -1.91. The van der Waals surface area contributed by atoms with Crippen molar-refractivity contribution in [2.75, 3.05) is 0 Å². The van der Waals surface area contributed by atoms with Gasteiger partial charge >= 0.3 is 0 Å². The Bertz CT molecular complexity index is 1100. The van der Waals surface area contributed by atoms with E-state index in [9.17, 15) is 8.78 Å². The number of aryl methyl sites for hydroxylation is 1. The van der Waals surface area contributed by atoms with E-state index in [2.05, 4.69) is 43.0 Å². The molecule has 0 radical (unpaired) electrons. The first-order chi connectivity index (χ1) is 14.6. The Kier molecular flexibility index (Phi) is 7.36. The first kappa shape index (κ1) is 21.3. The number of unbranched alkanes of at least 4 members (excludes halogenated alkanes) is 3. The fourth-order valence-corrected chi connectivity index (χ4v) is 3.23. The van der Waals surface area contributed by atoms with Crippen LogP contribution >= 0.6 is 0 Å². The summed E-state index contributed by atoms with van der Waals surface area (Å²) in [6, 6.07) is 19.7. The van der Waals surface area contributed by atoms with Crippen LogP contribution in [-0.4, -0.2) is 0 Å². The maximum Gasteiger partial charge on any atom is 0.142 e. The lowest BCUT2D eigenvalue weighted by molar-refractivity contribution is 0.594. The molecule has 0 saturated carbocycles. The quantitative estimate of drug-likeness (QED) is 0.322. The van der Waals surface area contributed by atoms with Crippen molar-refractivity contribution in [1.29, 1.82) is 5.26 Å². The molecule has 0 saturated heterocycles. The van der Waals surface area contributed by atoms with Gasteiger partial charge in [-0.3, -0.25) is 0 Å². The van der Waals surface area contributed by atoms with Crippen molar-refractivity contribution in [1.82, 2.24) is 0 Å². The first-order valence-electron chi connectivity index (χ1n) is 10.2. The van der Waals surface area contributed by atoms with Gasteiger partial charge in [-0.1, -0.05) is 74.4 Å². The van der Waals surface area contributed by atoms with E-state index in [1.165, 1.54) is 31.2 Å². The molecule has 0 N–H and O–H groups in total. The predicted octanol–water partition coefficient (Wildman–Crippen LogP) is 7.03. The van der Waals surface area contributed by atoms with Gasteiger partial charge in [-0.15, -0.1) is 0 Å². The van der Waals surface area contributed by atoms with Crippen LogP contribution in [0.15, 0.2) is 60.7 Å². The highest BCUT2D eigenvalue weighted by Gasteiger charge is 2.07. The minimum Gasteiger partial charge on any atom is -0.206 e. The van der Waals surface area contributed by atoms with Gasteiger partial charge in [0.15, 0.2) is 0 Å². The Morgan fingerprint density at radius 3 is 1.97 bits per heavy atom. The zero-order valence-corrected chi connectivity index (χ0v) is 17.0. The highest BCUT2D eigenvalue weighted by atomic mass is 19.1. The van der Waals surface area contributed by atoms with Crippen LogP contribution < -0.4 is 0 Å². The Balaban J connectivity index is 1.68. The molecule has 0 atom stereocenters. The summed E-state index contributed by atoms with van der Waals surface area (Å²) in [6.45, 7) is 2.22. The summed E-state index contributed by atoms with van der Waals surface area (Å²) in [5.41, 5.74) is 3.88. The van der Waals surface area contributed by atoms with E-state index in [-0.39, 0.29) is 11.1 Å². The molecule has 0 amide bonds. The summed E-state index contributed by atoms with van der Waals surface area (Å²) in [5, 5.41) is 8.74. The molecular formula is C27H23F2N. The van der Waals surface area contributed by atoms with Crippen molar-refractivity contribution in [3.8, 4) is 29.0 Å². The van der Waals surface area contributed by atoms with Gasteiger partial charge in [0, 0.05) is 5.56 Å². The lowest BCUT2D eigenvalue weighted by Gasteiger charge is -2.05. The molecule has 3 rings (SSSR count). The van der Waals surface area contributed by atoms with Crippen LogP contribution in [0.25, 0.3) is 11.1 Å². The monoisotopic (exact) mass is 399 g/mol.